The Kier molecular flexibility index (Phi) is 5.44. The minimum absolute atomic E-state index is 0.261. The number of anilines is 1. The Morgan fingerprint density at radius 3 is 2.95 bits per heavy atom. The van der Waals surface area contributed by atoms with Gasteiger partial charge < -0.3 is 11.1 Å². The first kappa shape index (κ1) is 15.2. The number of hydrogen-bond donors (Lipinski definition) is 4. The first-order chi connectivity index (χ1) is 10.2. The van der Waals surface area contributed by atoms with Crippen LogP contribution in [0.25, 0.3) is 11.2 Å². The van der Waals surface area contributed by atoms with E-state index < -0.39 is 0 Å². The fourth-order valence-electron chi connectivity index (χ4n) is 2.06. The van der Waals surface area contributed by atoms with E-state index in [0.29, 0.717) is 29.4 Å². The molecule has 0 aliphatic carbocycles. The Hall–Kier alpha value is -2.22. The molecule has 8 heteroatoms. The average Bonchev–Trinajstić information content (AvgIpc) is 2.91. The highest BCUT2D eigenvalue weighted by Gasteiger charge is 2.15. The van der Waals surface area contributed by atoms with Crippen LogP contribution in [0.15, 0.2) is 6.33 Å². The molecule has 0 saturated carbocycles. The molecule has 2 rings (SSSR count). The Labute approximate surface area is 123 Å². The van der Waals surface area contributed by atoms with Crippen LogP contribution < -0.4 is 21.4 Å². The highest BCUT2D eigenvalue weighted by Crippen LogP contribution is 2.13. The molecule has 0 saturated heterocycles. The number of hydrogen-bond acceptors (Lipinski definition) is 4. The number of fused-ring (bicyclic) bond motifs is 1. The molecule has 114 valence electrons. The lowest BCUT2D eigenvalue weighted by Gasteiger charge is -2.06. The monoisotopic (exact) mass is 292 g/mol. The number of aryl methyl sites for hydroxylation is 1. The molecule has 0 unspecified atom stereocenters. The summed E-state index contributed by atoms with van der Waals surface area (Å²) < 4.78 is 0. The number of aromatic nitrogens is 4. The second-order valence-corrected chi connectivity index (χ2v) is 4.86. The molecule has 0 aliphatic heterocycles. The zero-order valence-corrected chi connectivity index (χ0v) is 12.2. The van der Waals surface area contributed by atoms with Crippen LogP contribution >= 0.6 is 0 Å². The number of amides is 2. The fourth-order valence-corrected chi connectivity index (χ4v) is 2.06. The van der Waals surface area contributed by atoms with E-state index in [2.05, 4.69) is 30.6 Å². The molecule has 0 aromatic carbocycles. The highest BCUT2D eigenvalue weighted by atomic mass is 16.2. The maximum absolute atomic E-state index is 11.9. The average molecular weight is 292 g/mol. The van der Waals surface area contributed by atoms with Crippen molar-refractivity contribution in [3.63, 3.8) is 0 Å². The van der Waals surface area contributed by atoms with E-state index >= 15 is 0 Å². The van der Waals surface area contributed by atoms with Gasteiger partial charge in [-0.05, 0) is 19.4 Å². The van der Waals surface area contributed by atoms with Crippen LogP contribution in [0.5, 0.6) is 0 Å². The Morgan fingerprint density at radius 2 is 2.14 bits per heavy atom. The first-order valence-corrected chi connectivity index (χ1v) is 7.19. The SMILES string of the molecule is Cc1nc(NC(=O)NCCCCCCN)c2[nH]c[nH+]c2n1. The number of H-pyrrole nitrogens is 2. The summed E-state index contributed by atoms with van der Waals surface area (Å²) in [6, 6.07) is -0.261. The predicted molar refractivity (Wildman–Crippen MR) is 79.7 cm³/mol. The van der Waals surface area contributed by atoms with Gasteiger partial charge in [0.05, 0.1) is 0 Å². The van der Waals surface area contributed by atoms with Crippen molar-refractivity contribution in [1.29, 1.82) is 0 Å². The lowest BCUT2D eigenvalue weighted by atomic mass is 10.2. The number of rotatable bonds is 7. The minimum atomic E-state index is -0.261. The summed E-state index contributed by atoms with van der Waals surface area (Å²) in [5, 5.41) is 5.56. The Morgan fingerprint density at radius 1 is 1.33 bits per heavy atom. The Bertz CT molecular complexity index is 595. The van der Waals surface area contributed by atoms with E-state index in [0.717, 1.165) is 32.2 Å². The number of carbonyl (C=O) groups excluding carboxylic acids is 1. The van der Waals surface area contributed by atoms with Gasteiger partial charge in [0, 0.05) is 13.5 Å². The van der Waals surface area contributed by atoms with Crippen LogP contribution in [0.3, 0.4) is 0 Å². The zero-order chi connectivity index (χ0) is 15.1. The lowest BCUT2D eigenvalue weighted by molar-refractivity contribution is -0.347. The van der Waals surface area contributed by atoms with Crippen molar-refractivity contribution in [3.05, 3.63) is 12.2 Å². The lowest BCUT2D eigenvalue weighted by Crippen LogP contribution is -2.30. The summed E-state index contributed by atoms with van der Waals surface area (Å²) in [5.74, 6) is 1.06. The predicted octanol–water partition coefficient (Wildman–Crippen LogP) is 0.721. The molecule has 0 radical (unpaired) electrons. The highest BCUT2D eigenvalue weighted by molar-refractivity contribution is 5.95. The van der Waals surface area contributed by atoms with Crippen LogP contribution in [-0.4, -0.2) is 34.1 Å². The van der Waals surface area contributed by atoms with Crippen molar-refractivity contribution in [3.8, 4) is 0 Å². The molecule has 0 spiro atoms. The molecule has 2 amide bonds. The van der Waals surface area contributed by atoms with Crippen LogP contribution in [0.1, 0.15) is 31.5 Å². The molecular formula is C13H22N7O+. The number of urea groups is 1. The van der Waals surface area contributed by atoms with Crippen molar-refractivity contribution >= 4 is 23.0 Å². The summed E-state index contributed by atoms with van der Waals surface area (Å²) in [5.41, 5.74) is 6.77. The van der Waals surface area contributed by atoms with Gasteiger partial charge in [0.25, 0.3) is 0 Å². The number of nitrogens with two attached hydrogens (primary N) is 1. The standard InChI is InChI=1S/C13H21N7O/c1-9-18-11-10(16-8-17-11)12(19-9)20-13(21)15-7-5-3-2-4-6-14/h8H,2-7,14H2,1H3,(H3,15,16,17,18,19,20,21)/p+1. The van der Waals surface area contributed by atoms with Crippen molar-refractivity contribution in [2.45, 2.75) is 32.6 Å². The first-order valence-electron chi connectivity index (χ1n) is 7.19. The molecule has 2 aromatic heterocycles. The topological polar surface area (TPSA) is 123 Å². The van der Waals surface area contributed by atoms with Crippen LogP contribution in [0.4, 0.5) is 10.6 Å². The summed E-state index contributed by atoms with van der Waals surface area (Å²) in [4.78, 5) is 26.2. The molecule has 0 atom stereocenters. The van der Waals surface area contributed by atoms with Gasteiger partial charge in [-0.25, -0.2) is 9.78 Å². The number of nitrogens with zero attached hydrogens (tertiary/aromatic N) is 2. The largest absolute Gasteiger partial charge is 0.338 e. The maximum atomic E-state index is 11.9. The van der Waals surface area contributed by atoms with E-state index in [1.807, 2.05) is 0 Å². The van der Waals surface area contributed by atoms with Gasteiger partial charge in [-0.15, -0.1) is 0 Å². The van der Waals surface area contributed by atoms with Gasteiger partial charge in [-0.3, -0.25) is 10.3 Å². The Balaban J connectivity index is 1.83. The van der Waals surface area contributed by atoms with Crippen LogP contribution in [0, 0.1) is 6.92 Å². The maximum Gasteiger partial charge on any atom is 0.320 e. The van der Waals surface area contributed by atoms with Crippen molar-refractivity contribution in [2.24, 2.45) is 5.73 Å². The molecular weight excluding hydrogens is 270 g/mol. The summed E-state index contributed by atoms with van der Waals surface area (Å²) >= 11 is 0. The molecule has 0 fully saturated rings. The number of carbonyl (C=O) groups is 1. The van der Waals surface area contributed by atoms with Gasteiger partial charge in [-0.2, -0.15) is 4.98 Å². The normalized spacial score (nSPS) is 10.8. The smallest absolute Gasteiger partial charge is 0.320 e. The van der Waals surface area contributed by atoms with Crippen molar-refractivity contribution < 1.29 is 9.78 Å². The molecule has 2 aromatic rings. The summed E-state index contributed by atoms with van der Waals surface area (Å²) in [6.07, 6.45) is 5.80. The molecule has 0 bridgehead atoms. The van der Waals surface area contributed by atoms with E-state index in [4.69, 9.17) is 5.73 Å². The second kappa shape index (κ2) is 7.53. The third kappa shape index (κ3) is 4.38. The van der Waals surface area contributed by atoms with Gasteiger partial charge in [0.15, 0.2) is 12.1 Å². The molecule has 2 heterocycles. The number of imidazole rings is 1. The van der Waals surface area contributed by atoms with Gasteiger partial charge in [0.1, 0.15) is 0 Å². The molecule has 8 nitrogen and oxygen atoms in total. The molecule has 6 N–H and O–H groups in total. The third-order valence-electron chi connectivity index (χ3n) is 3.09. The number of aromatic amines is 2. The second-order valence-electron chi connectivity index (χ2n) is 4.86. The van der Waals surface area contributed by atoms with Gasteiger partial charge in [-0.1, -0.05) is 17.8 Å². The summed E-state index contributed by atoms with van der Waals surface area (Å²) in [7, 11) is 0. The van der Waals surface area contributed by atoms with E-state index in [1.165, 1.54) is 0 Å². The minimum Gasteiger partial charge on any atom is -0.338 e. The third-order valence-corrected chi connectivity index (χ3v) is 3.09. The van der Waals surface area contributed by atoms with Crippen molar-refractivity contribution in [1.82, 2.24) is 20.3 Å². The number of unbranched alkanes of at least 4 members (excludes halogenated alkanes) is 3. The summed E-state index contributed by atoms with van der Waals surface area (Å²) in [6.45, 7) is 3.14. The quantitative estimate of drug-likeness (QED) is 0.561. The zero-order valence-electron chi connectivity index (χ0n) is 12.2. The van der Waals surface area contributed by atoms with Crippen LogP contribution in [0.2, 0.25) is 0 Å². The van der Waals surface area contributed by atoms with Crippen molar-refractivity contribution in [2.75, 3.05) is 18.4 Å². The fraction of sp³-hybridized carbons (Fsp3) is 0.538. The van der Waals surface area contributed by atoms with Gasteiger partial charge >= 0.3 is 11.7 Å². The molecule has 0 aliphatic rings. The van der Waals surface area contributed by atoms with E-state index in [1.54, 1.807) is 13.3 Å². The van der Waals surface area contributed by atoms with E-state index in [9.17, 15) is 4.79 Å². The van der Waals surface area contributed by atoms with E-state index in [-0.39, 0.29) is 6.03 Å². The van der Waals surface area contributed by atoms with Gasteiger partial charge in [0.2, 0.25) is 11.3 Å². The van der Waals surface area contributed by atoms with Crippen LogP contribution in [-0.2, 0) is 0 Å². The molecule has 21 heavy (non-hydrogen) atoms. The number of nitrogens with one attached hydrogen (secondary N) is 4.